The summed E-state index contributed by atoms with van der Waals surface area (Å²) in [5, 5.41) is 20.9. The van der Waals surface area contributed by atoms with Gasteiger partial charge in [0.2, 0.25) is 5.91 Å². The molecule has 5 rings (SSSR count). The van der Waals surface area contributed by atoms with Crippen LogP contribution < -0.4 is 10.5 Å². The number of fused-ring (bicyclic) bond motifs is 1. The zero-order valence-corrected chi connectivity index (χ0v) is 21.5. The third-order valence-corrected chi connectivity index (χ3v) is 7.16. The first kappa shape index (κ1) is 27.4. The molecule has 210 valence electrons. The summed E-state index contributed by atoms with van der Waals surface area (Å²) in [7, 11) is -4.63. The van der Waals surface area contributed by atoms with Gasteiger partial charge in [-0.15, -0.1) is 0 Å². The lowest BCUT2D eigenvalue weighted by Crippen LogP contribution is -2.37. The van der Waals surface area contributed by atoms with Crippen LogP contribution in [0.4, 0.5) is 5.69 Å². The fourth-order valence-corrected chi connectivity index (χ4v) is 5.02. The molecule has 1 saturated heterocycles. The van der Waals surface area contributed by atoms with E-state index in [1.54, 1.807) is 35.1 Å². The van der Waals surface area contributed by atoms with Crippen LogP contribution in [0.2, 0.25) is 0 Å². The second kappa shape index (κ2) is 11.1. The fourth-order valence-electron chi connectivity index (χ4n) is 4.26. The molecule has 1 aliphatic rings. The second-order valence-corrected chi connectivity index (χ2v) is 10.2. The number of rotatable bonds is 10. The number of Topliss-reactive ketones (excluding diaryl/α,β-unsaturated/α-hetero) is 1. The van der Waals surface area contributed by atoms with Crippen molar-refractivity contribution in [1.82, 2.24) is 24.2 Å². The van der Waals surface area contributed by atoms with Gasteiger partial charge < -0.3 is 25.1 Å². The predicted octanol–water partition coefficient (Wildman–Crippen LogP) is 0.328. The monoisotopic (exact) mass is 572 g/mol. The standard InChI is InChI=1S/C24H24N6O9S/c25-15-7-8-27-23-20(15)28-11-30(23)24-22(34)21(33)18(39-24)10-38-40(35,36)29-19(32)6-5-16(31)13-3-1-2-4-14(13)17-9-26-12-37-17/h1-4,7-9,11-12,18,21-22,24,33-34H,5-6,10H2,(H2,25,27)(H,29,32)/t18-,21-,22-,24-/m1/s1. The molecule has 40 heavy (non-hydrogen) atoms. The second-order valence-electron chi connectivity index (χ2n) is 8.87. The molecule has 4 aromatic rings. The van der Waals surface area contributed by atoms with Gasteiger partial charge in [-0.05, 0) is 6.07 Å². The summed E-state index contributed by atoms with van der Waals surface area (Å²) in [4.78, 5) is 37.1. The van der Waals surface area contributed by atoms with E-state index >= 15 is 0 Å². The van der Waals surface area contributed by atoms with Gasteiger partial charge in [-0.2, -0.15) is 8.42 Å². The van der Waals surface area contributed by atoms with Crippen molar-refractivity contribution in [3.8, 4) is 11.3 Å². The van der Waals surface area contributed by atoms with Crippen molar-refractivity contribution in [2.24, 2.45) is 0 Å². The summed E-state index contributed by atoms with van der Waals surface area (Å²) < 4.78 is 43.4. The molecule has 4 atom stereocenters. The highest BCUT2D eigenvalue weighted by Gasteiger charge is 2.45. The highest BCUT2D eigenvalue weighted by atomic mass is 32.2. The van der Waals surface area contributed by atoms with Crippen LogP contribution in [0.5, 0.6) is 0 Å². The Kier molecular flexibility index (Phi) is 7.59. The van der Waals surface area contributed by atoms with Gasteiger partial charge in [0.15, 0.2) is 29.8 Å². The zero-order valence-electron chi connectivity index (χ0n) is 20.7. The van der Waals surface area contributed by atoms with Crippen LogP contribution in [-0.4, -0.2) is 74.8 Å². The summed E-state index contributed by atoms with van der Waals surface area (Å²) in [6, 6.07) is 8.12. The number of imidazole rings is 1. The Labute approximate surface area is 226 Å². The van der Waals surface area contributed by atoms with Crippen LogP contribution in [0.3, 0.4) is 0 Å². The van der Waals surface area contributed by atoms with E-state index in [-0.39, 0.29) is 17.6 Å². The number of aliphatic hydroxyl groups is 2. The van der Waals surface area contributed by atoms with E-state index < -0.39 is 59.6 Å². The number of nitrogen functional groups attached to an aromatic ring is 1. The highest BCUT2D eigenvalue weighted by Crippen LogP contribution is 2.32. The van der Waals surface area contributed by atoms with Crippen LogP contribution >= 0.6 is 0 Å². The smallest absolute Gasteiger partial charge is 0.362 e. The number of benzene rings is 1. The Morgan fingerprint density at radius 2 is 1.93 bits per heavy atom. The van der Waals surface area contributed by atoms with E-state index in [1.165, 1.54) is 29.7 Å². The topological polar surface area (TPSA) is 222 Å². The quantitative estimate of drug-likeness (QED) is 0.188. The first-order valence-electron chi connectivity index (χ1n) is 11.9. The number of amides is 1. The SMILES string of the molecule is Nc1ccnc2c1ncn2[C@@H]1O[C@H](COS(=O)(=O)NC(=O)CCC(=O)c2ccccc2-c2cnco2)[C@@H](O)[C@H]1O. The Morgan fingerprint density at radius 1 is 1.12 bits per heavy atom. The van der Waals surface area contributed by atoms with Crippen molar-refractivity contribution in [2.75, 3.05) is 12.3 Å². The largest absolute Gasteiger partial charge is 0.443 e. The van der Waals surface area contributed by atoms with Crippen LogP contribution in [0.25, 0.3) is 22.5 Å². The summed E-state index contributed by atoms with van der Waals surface area (Å²) in [6.07, 6.45) is -0.759. The maximum atomic E-state index is 12.7. The summed E-state index contributed by atoms with van der Waals surface area (Å²) in [6.45, 7) is -0.719. The molecule has 1 amide bonds. The Morgan fingerprint density at radius 3 is 2.70 bits per heavy atom. The Hall–Kier alpha value is -4.22. The molecular formula is C24H24N6O9S. The number of nitrogens with one attached hydrogen (secondary N) is 1. The normalized spacial score (nSPS) is 21.1. The number of ketones is 1. The van der Waals surface area contributed by atoms with Gasteiger partial charge in [-0.3, -0.25) is 18.3 Å². The number of nitrogens with zero attached hydrogens (tertiary/aromatic N) is 4. The lowest BCUT2D eigenvalue weighted by Gasteiger charge is -2.16. The first-order valence-corrected chi connectivity index (χ1v) is 13.3. The summed E-state index contributed by atoms with van der Waals surface area (Å²) in [5.74, 6) is -1.02. The van der Waals surface area contributed by atoms with E-state index in [0.29, 0.717) is 22.5 Å². The molecule has 0 unspecified atom stereocenters. The molecule has 15 nitrogen and oxygen atoms in total. The van der Waals surface area contributed by atoms with Crippen molar-refractivity contribution >= 4 is 38.8 Å². The van der Waals surface area contributed by atoms with Gasteiger partial charge in [0.1, 0.15) is 23.8 Å². The summed E-state index contributed by atoms with van der Waals surface area (Å²) in [5.41, 5.74) is 7.64. The third kappa shape index (κ3) is 5.56. The minimum absolute atomic E-state index is 0.287. The number of nitrogens with two attached hydrogens (primary N) is 1. The van der Waals surface area contributed by atoms with Gasteiger partial charge in [0.25, 0.3) is 0 Å². The van der Waals surface area contributed by atoms with Gasteiger partial charge in [-0.1, -0.05) is 24.3 Å². The van der Waals surface area contributed by atoms with Crippen LogP contribution in [0.15, 0.2) is 59.9 Å². The van der Waals surface area contributed by atoms with Crippen molar-refractivity contribution in [3.63, 3.8) is 0 Å². The predicted molar refractivity (Wildman–Crippen MR) is 136 cm³/mol. The third-order valence-electron chi connectivity index (χ3n) is 6.23. The van der Waals surface area contributed by atoms with E-state index in [1.807, 2.05) is 0 Å². The molecule has 3 aromatic heterocycles. The van der Waals surface area contributed by atoms with Crippen LogP contribution in [-0.2, 0) is 24.0 Å². The number of aromatic nitrogens is 4. The highest BCUT2D eigenvalue weighted by molar-refractivity contribution is 7.85. The van der Waals surface area contributed by atoms with E-state index in [0.717, 1.165) is 0 Å². The minimum Gasteiger partial charge on any atom is -0.443 e. The van der Waals surface area contributed by atoms with Gasteiger partial charge in [0.05, 0.1) is 24.8 Å². The van der Waals surface area contributed by atoms with Crippen molar-refractivity contribution in [2.45, 2.75) is 37.4 Å². The number of carbonyl (C=O) groups is 2. The average Bonchev–Trinajstić information content (AvgIpc) is 3.67. The van der Waals surface area contributed by atoms with E-state index in [9.17, 15) is 28.2 Å². The molecule has 1 aromatic carbocycles. The summed E-state index contributed by atoms with van der Waals surface area (Å²) >= 11 is 0. The number of ether oxygens (including phenoxy) is 1. The molecule has 4 heterocycles. The molecule has 16 heteroatoms. The zero-order chi connectivity index (χ0) is 28.4. The first-order chi connectivity index (χ1) is 19.1. The number of anilines is 1. The number of hydrogen-bond donors (Lipinski definition) is 4. The molecule has 0 bridgehead atoms. The van der Waals surface area contributed by atoms with Crippen molar-refractivity contribution in [1.29, 1.82) is 0 Å². The lowest BCUT2D eigenvalue weighted by atomic mass is 9.99. The van der Waals surface area contributed by atoms with E-state index in [4.69, 9.17) is 19.1 Å². The molecule has 0 saturated carbocycles. The minimum atomic E-state index is -4.63. The molecular weight excluding hydrogens is 548 g/mol. The van der Waals surface area contributed by atoms with Crippen LogP contribution in [0, 0.1) is 0 Å². The molecule has 1 aliphatic heterocycles. The van der Waals surface area contributed by atoms with Gasteiger partial charge >= 0.3 is 10.3 Å². The number of aliphatic hydroxyl groups excluding tert-OH is 2. The molecule has 5 N–H and O–H groups in total. The van der Waals surface area contributed by atoms with Crippen LogP contribution in [0.1, 0.15) is 29.4 Å². The average molecular weight is 573 g/mol. The Balaban J connectivity index is 1.15. The number of pyridine rings is 1. The van der Waals surface area contributed by atoms with Crippen molar-refractivity contribution in [3.05, 3.63) is 61.0 Å². The maximum Gasteiger partial charge on any atom is 0.362 e. The number of hydrogen-bond acceptors (Lipinski definition) is 13. The van der Waals surface area contributed by atoms with Crippen molar-refractivity contribution < 1.29 is 41.6 Å². The van der Waals surface area contributed by atoms with Gasteiger partial charge in [0, 0.05) is 30.2 Å². The molecule has 0 aliphatic carbocycles. The molecule has 0 radical (unpaired) electrons. The molecule has 0 spiro atoms. The lowest BCUT2D eigenvalue weighted by molar-refractivity contribution is -0.119. The fraction of sp³-hybridized carbons (Fsp3) is 0.292. The maximum absolute atomic E-state index is 12.7. The van der Waals surface area contributed by atoms with E-state index in [2.05, 4.69) is 15.0 Å². The Bertz CT molecular complexity index is 1640. The number of carbonyl (C=O) groups excluding carboxylic acids is 2. The number of oxazole rings is 1. The van der Waals surface area contributed by atoms with Gasteiger partial charge in [-0.25, -0.2) is 19.7 Å². The molecule has 1 fully saturated rings.